The van der Waals surface area contributed by atoms with Crippen molar-refractivity contribution < 1.29 is 9.53 Å². The molecular weight excluding hydrogens is 292 g/mol. The minimum absolute atomic E-state index is 0.0581. The fourth-order valence-electron chi connectivity index (χ4n) is 2.12. The number of benzene rings is 1. The Hall–Kier alpha value is -2.63. The Morgan fingerprint density at radius 2 is 2.00 bits per heavy atom. The van der Waals surface area contributed by atoms with Crippen LogP contribution in [0, 0.1) is 6.92 Å². The van der Waals surface area contributed by atoms with Gasteiger partial charge in [0.1, 0.15) is 11.4 Å². The van der Waals surface area contributed by atoms with Gasteiger partial charge in [0.15, 0.2) is 0 Å². The molecule has 0 saturated carbocycles. The van der Waals surface area contributed by atoms with E-state index in [9.17, 15) is 4.79 Å². The Labute approximate surface area is 136 Å². The molecule has 6 heteroatoms. The van der Waals surface area contributed by atoms with Crippen LogP contribution in [-0.4, -0.2) is 29.0 Å². The number of amides is 1. The van der Waals surface area contributed by atoms with Crippen molar-refractivity contribution in [1.29, 1.82) is 0 Å². The lowest BCUT2D eigenvalue weighted by Crippen LogP contribution is -2.31. The number of methoxy groups -OCH3 is 1. The molecule has 0 bridgehead atoms. The number of carbonyl (C=O) groups is 1. The molecule has 2 N–H and O–H groups in total. The van der Waals surface area contributed by atoms with E-state index in [0.717, 1.165) is 17.0 Å². The number of ether oxygens (including phenoxy) is 1. The lowest BCUT2D eigenvalue weighted by molar-refractivity contribution is 0.0938. The minimum Gasteiger partial charge on any atom is -0.496 e. The molecule has 0 spiro atoms. The molecule has 1 heterocycles. The molecule has 0 aliphatic carbocycles. The predicted octanol–water partition coefficient (Wildman–Crippen LogP) is 2.54. The summed E-state index contributed by atoms with van der Waals surface area (Å²) in [7, 11) is 1.64. The van der Waals surface area contributed by atoms with E-state index in [4.69, 9.17) is 4.74 Å². The number of nitrogens with one attached hydrogen (secondary N) is 2. The highest BCUT2D eigenvalue weighted by Gasteiger charge is 2.12. The highest BCUT2D eigenvalue weighted by atomic mass is 16.5. The summed E-state index contributed by atoms with van der Waals surface area (Å²) in [6.45, 7) is 6.17. The first kappa shape index (κ1) is 16.7. The minimum atomic E-state index is -0.203. The van der Waals surface area contributed by atoms with E-state index in [1.807, 2.05) is 45.0 Å². The van der Waals surface area contributed by atoms with Gasteiger partial charge in [-0.15, -0.1) is 0 Å². The third kappa shape index (κ3) is 4.67. The standard InChI is InChI=1S/C17H22N4O2/c1-11(2)19-16(22)14-9-12(3)20-17(21-14)18-10-13-7-5-6-8-15(13)23-4/h5-9,11H,10H2,1-4H3,(H,19,22)(H,18,20,21). The summed E-state index contributed by atoms with van der Waals surface area (Å²) >= 11 is 0. The molecule has 23 heavy (non-hydrogen) atoms. The van der Waals surface area contributed by atoms with Crippen molar-refractivity contribution in [3.05, 3.63) is 47.3 Å². The van der Waals surface area contributed by atoms with Crippen LogP contribution >= 0.6 is 0 Å². The first-order valence-electron chi connectivity index (χ1n) is 7.52. The third-order valence-electron chi connectivity index (χ3n) is 3.14. The molecule has 0 fully saturated rings. The molecular formula is C17H22N4O2. The number of para-hydroxylation sites is 1. The van der Waals surface area contributed by atoms with Crippen molar-refractivity contribution in [2.24, 2.45) is 0 Å². The van der Waals surface area contributed by atoms with E-state index in [-0.39, 0.29) is 11.9 Å². The highest BCUT2D eigenvalue weighted by Crippen LogP contribution is 2.18. The Morgan fingerprint density at radius 3 is 2.70 bits per heavy atom. The number of carbonyl (C=O) groups excluding carboxylic acids is 1. The summed E-state index contributed by atoms with van der Waals surface area (Å²) in [5.74, 6) is 1.01. The topological polar surface area (TPSA) is 76.1 Å². The van der Waals surface area contributed by atoms with Crippen molar-refractivity contribution in [2.75, 3.05) is 12.4 Å². The van der Waals surface area contributed by atoms with E-state index in [0.29, 0.717) is 18.2 Å². The summed E-state index contributed by atoms with van der Waals surface area (Å²) in [4.78, 5) is 20.7. The van der Waals surface area contributed by atoms with Crippen LogP contribution < -0.4 is 15.4 Å². The van der Waals surface area contributed by atoms with E-state index >= 15 is 0 Å². The average molecular weight is 314 g/mol. The van der Waals surface area contributed by atoms with Crippen LogP contribution in [0.4, 0.5) is 5.95 Å². The summed E-state index contributed by atoms with van der Waals surface area (Å²) in [6.07, 6.45) is 0. The molecule has 2 aromatic rings. The number of hydrogen-bond donors (Lipinski definition) is 2. The van der Waals surface area contributed by atoms with Crippen LogP contribution in [0.5, 0.6) is 5.75 Å². The summed E-state index contributed by atoms with van der Waals surface area (Å²) in [5.41, 5.74) is 2.08. The molecule has 1 aromatic heterocycles. The number of anilines is 1. The van der Waals surface area contributed by atoms with Gasteiger partial charge >= 0.3 is 0 Å². The average Bonchev–Trinajstić information content (AvgIpc) is 2.52. The molecule has 122 valence electrons. The van der Waals surface area contributed by atoms with Gasteiger partial charge < -0.3 is 15.4 Å². The van der Waals surface area contributed by atoms with Gasteiger partial charge in [0.05, 0.1) is 7.11 Å². The zero-order valence-corrected chi connectivity index (χ0v) is 13.9. The van der Waals surface area contributed by atoms with Crippen LogP contribution in [0.15, 0.2) is 30.3 Å². The maximum Gasteiger partial charge on any atom is 0.270 e. The normalized spacial score (nSPS) is 10.5. The fourth-order valence-corrected chi connectivity index (χ4v) is 2.12. The van der Waals surface area contributed by atoms with Gasteiger partial charge in [-0.1, -0.05) is 18.2 Å². The Kier molecular flexibility index (Phi) is 5.51. The van der Waals surface area contributed by atoms with Crippen molar-refractivity contribution in [2.45, 2.75) is 33.4 Å². The molecule has 0 aliphatic rings. The van der Waals surface area contributed by atoms with Gasteiger partial charge in [-0.3, -0.25) is 4.79 Å². The van der Waals surface area contributed by atoms with E-state index in [2.05, 4.69) is 20.6 Å². The number of hydrogen-bond acceptors (Lipinski definition) is 5. The van der Waals surface area contributed by atoms with Crippen molar-refractivity contribution >= 4 is 11.9 Å². The summed E-state index contributed by atoms with van der Waals surface area (Å²) in [5, 5.41) is 5.97. The van der Waals surface area contributed by atoms with Gasteiger partial charge in [0, 0.05) is 23.8 Å². The smallest absolute Gasteiger partial charge is 0.270 e. The number of aromatic nitrogens is 2. The van der Waals surface area contributed by atoms with Crippen LogP contribution in [0.3, 0.4) is 0 Å². The van der Waals surface area contributed by atoms with E-state index in [1.54, 1.807) is 13.2 Å². The maximum absolute atomic E-state index is 12.1. The molecule has 2 rings (SSSR count). The SMILES string of the molecule is COc1ccccc1CNc1nc(C)cc(C(=O)NC(C)C)n1. The van der Waals surface area contributed by atoms with Gasteiger partial charge in [0.25, 0.3) is 5.91 Å². The lowest BCUT2D eigenvalue weighted by Gasteiger charge is -2.12. The predicted molar refractivity (Wildman–Crippen MR) is 89.7 cm³/mol. The van der Waals surface area contributed by atoms with Crippen molar-refractivity contribution in [3.8, 4) is 5.75 Å². The number of nitrogens with zero attached hydrogens (tertiary/aromatic N) is 2. The van der Waals surface area contributed by atoms with Gasteiger partial charge in [-0.05, 0) is 32.9 Å². The van der Waals surface area contributed by atoms with Crippen LogP contribution in [0.1, 0.15) is 35.6 Å². The number of rotatable bonds is 6. The molecule has 0 atom stereocenters. The van der Waals surface area contributed by atoms with Gasteiger partial charge in [0.2, 0.25) is 5.95 Å². The lowest BCUT2D eigenvalue weighted by atomic mass is 10.2. The maximum atomic E-state index is 12.1. The molecule has 0 aliphatic heterocycles. The van der Waals surface area contributed by atoms with Crippen LogP contribution in [0.2, 0.25) is 0 Å². The van der Waals surface area contributed by atoms with Gasteiger partial charge in [-0.25, -0.2) is 9.97 Å². The first-order chi connectivity index (χ1) is 11.0. The molecule has 1 amide bonds. The second-order valence-corrected chi connectivity index (χ2v) is 5.51. The van der Waals surface area contributed by atoms with E-state index in [1.165, 1.54) is 0 Å². The summed E-state index contributed by atoms with van der Waals surface area (Å²) < 4.78 is 5.32. The Balaban J connectivity index is 2.14. The fraction of sp³-hybridized carbons (Fsp3) is 0.353. The monoisotopic (exact) mass is 314 g/mol. The first-order valence-corrected chi connectivity index (χ1v) is 7.52. The van der Waals surface area contributed by atoms with Crippen molar-refractivity contribution in [3.63, 3.8) is 0 Å². The quantitative estimate of drug-likeness (QED) is 0.857. The second kappa shape index (κ2) is 7.58. The molecule has 0 saturated heterocycles. The van der Waals surface area contributed by atoms with Gasteiger partial charge in [-0.2, -0.15) is 0 Å². The van der Waals surface area contributed by atoms with Crippen LogP contribution in [-0.2, 0) is 6.54 Å². The third-order valence-corrected chi connectivity index (χ3v) is 3.14. The number of aryl methyl sites for hydroxylation is 1. The zero-order valence-electron chi connectivity index (χ0n) is 13.9. The second-order valence-electron chi connectivity index (χ2n) is 5.51. The highest BCUT2D eigenvalue weighted by molar-refractivity contribution is 5.92. The molecule has 1 aromatic carbocycles. The molecule has 6 nitrogen and oxygen atoms in total. The van der Waals surface area contributed by atoms with E-state index < -0.39 is 0 Å². The zero-order chi connectivity index (χ0) is 16.8. The molecule has 0 radical (unpaired) electrons. The Bertz CT molecular complexity index is 686. The van der Waals surface area contributed by atoms with Crippen LogP contribution in [0.25, 0.3) is 0 Å². The Morgan fingerprint density at radius 1 is 1.26 bits per heavy atom. The molecule has 0 unspecified atom stereocenters. The summed E-state index contributed by atoms with van der Waals surface area (Å²) in [6, 6.07) is 9.45. The van der Waals surface area contributed by atoms with Crippen molar-refractivity contribution in [1.82, 2.24) is 15.3 Å². The largest absolute Gasteiger partial charge is 0.496 e.